The highest BCUT2D eigenvalue weighted by Crippen LogP contribution is 2.43. The van der Waals surface area contributed by atoms with Crippen molar-refractivity contribution >= 4 is 5.78 Å². The van der Waals surface area contributed by atoms with E-state index in [0.29, 0.717) is 11.5 Å². The van der Waals surface area contributed by atoms with Crippen molar-refractivity contribution in [1.82, 2.24) is 4.90 Å². The van der Waals surface area contributed by atoms with Gasteiger partial charge in [0.2, 0.25) is 0 Å². The largest absolute Gasteiger partial charge is 0.493 e. The number of carbonyl (C=O) groups excluding carboxylic acids is 1. The van der Waals surface area contributed by atoms with Crippen LogP contribution in [0.15, 0.2) is 35.9 Å². The van der Waals surface area contributed by atoms with Gasteiger partial charge in [0.15, 0.2) is 17.3 Å². The Balaban J connectivity index is 1.88. The minimum Gasteiger partial charge on any atom is -0.493 e. The molecule has 1 atom stereocenters. The monoisotopic (exact) mass is 383 g/mol. The summed E-state index contributed by atoms with van der Waals surface area (Å²) in [5.41, 5.74) is 2.90. The van der Waals surface area contributed by atoms with Crippen molar-refractivity contribution in [2.75, 3.05) is 27.3 Å². The number of hydrogen-bond acceptors (Lipinski definition) is 4. The molecule has 0 radical (unpaired) electrons. The Morgan fingerprint density at radius 2 is 1.93 bits per heavy atom. The standard InChI is InChI=1S/C24H33NO3/c1-5-6-9-18(2)11-15-25-14-8-7-12-24(25)13-10-19-16-21(27-3)22(28-4)17-20(19)23(24)26/h5-6,9,16-17H,7-8,10-15H2,1-4H3/b6-5-,18-9+. The molecule has 1 unspecified atom stereocenters. The number of ether oxygens (including phenoxy) is 2. The van der Waals surface area contributed by atoms with Crippen LogP contribution in [0.2, 0.25) is 0 Å². The molecule has 0 saturated carbocycles. The maximum Gasteiger partial charge on any atom is 0.183 e. The number of carbonyl (C=O) groups is 1. The molecule has 0 amide bonds. The quantitative estimate of drug-likeness (QED) is 0.650. The van der Waals surface area contributed by atoms with E-state index in [-0.39, 0.29) is 11.3 Å². The summed E-state index contributed by atoms with van der Waals surface area (Å²) < 4.78 is 10.9. The number of ketones is 1. The van der Waals surface area contributed by atoms with E-state index in [0.717, 1.165) is 56.3 Å². The van der Waals surface area contributed by atoms with E-state index < -0.39 is 0 Å². The Morgan fingerprint density at radius 3 is 2.64 bits per heavy atom. The van der Waals surface area contributed by atoms with Gasteiger partial charge in [-0.3, -0.25) is 9.69 Å². The molecular formula is C24H33NO3. The first-order chi connectivity index (χ1) is 13.6. The molecule has 4 nitrogen and oxygen atoms in total. The van der Waals surface area contributed by atoms with E-state index in [4.69, 9.17) is 9.47 Å². The van der Waals surface area contributed by atoms with E-state index in [1.54, 1.807) is 14.2 Å². The van der Waals surface area contributed by atoms with Crippen LogP contribution in [0.25, 0.3) is 0 Å². The fourth-order valence-electron chi connectivity index (χ4n) is 4.66. The van der Waals surface area contributed by atoms with E-state index in [2.05, 4.69) is 30.1 Å². The van der Waals surface area contributed by atoms with Crippen molar-refractivity contribution in [3.8, 4) is 11.5 Å². The first-order valence-electron chi connectivity index (χ1n) is 10.4. The third kappa shape index (κ3) is 3.88. The second kappa shape index (κ2) is 8.95. The van der Waals surface area contributed by atoms with Crippen molar-refractivity contribution in [2.24, 2.45) is 0 Å². The van der Waals surface area contributed by atoms with Gasteiger partial charge in [0, 0.05) is 12.1 Å². The molecule has 1 aromatic rings. The molecule has 1 fully saturated rings. The van der Waals surface area contributed by atoms with Crippen molar-refractivity contribution < 1.29 is 14.3 Å². The number of piperidine rings is 1. The second-order valence-corrected chi connectivity index (χ2v) is 7.96. The van der Waals surface area contributed by atoms with Crippen LogP contribution >= 0.6 is 0 Å². The fourth-order valence-corrected chi connectivity index (χ4v) is 4.66. The molecule has 3 rings (SSSR count). The van der Waals surface area contributed by atoms with E-state index in [9.17, 15) is 4.79 Å². The predicted octanol–water partition coefficient (Wildman–Crippen LogP) is 4.97. The van der Waals surface area contributed by atoms with Crippen molar-refractivity contribution in [2.45, 2.75) is 57.9 Å². The zero-order valence-corrected chi connectivity index (χ0v) is 17.7. The molecule has 152 valence electrons. The summed E-state index contributed by atoms with van der Waals surface area (Å²) in [6.45, 7) is 6.15. The van der Waals surface area contributed by atoms with Gasteiger partial charge in [-0.2, -0.15) is 0 Å². The Kier molecular flexibility index (Phi) is 6.61. The number of aryl methyl sites for hydroxylation is 1. The molecule has 28 heavy (non-hydrogen) atoms. The molecule has 0 bridgehead atoms. The van der Waals surface area contributed by atoms with Crippen LogP contribution in [-0.4, -0.2) is 43.5 Å². The minimum absolute atomic E-state index is 0.268. The number of benzene rings is 1. The molecule has 4 heteroatoms. The topological polar surface area (TPSA) is 38.8 Å². The Morgan fingerprint density at radius 1 is 1.18 bits per heavy atom. The average Bonchev–Trinajstić information content (AvgIpc) is 2.73. The van der Waals surface area contributed by atoms with Gasteiger partial charge < -0.3 is 9.47 Å². The lowest BCUT2D eigenvalue weighted by molar-refractivity contribution is 0.0297. The van der Waals surface area contributed by atoms with Crippen LogP contribution in [0.4, 0.5) is 0 Å². The smallest absolute Gasteiger partial charge is 0.183 e. The maximum absolute atomic E-state index is 13.7. The summed E-state index contributed by atoms with van der Waals surface area (Å²) in [7, 11) is 3.27. The molecule has 1 aromatic carbocycles. The van der Waals surface area contributed by atoms with Gasteiger partial charge in [0.1, 0.15) is 0 Å². The second-order valence-electron chi connectivity index (χ2n) is 7.96. The Hall–Kier alpha value is -2.07. The maximum atomic E-state index is 13.7. The van der Waals surface area contributed by atoms with Gasteiger partial charge >= 0.3 is 0 Å². The van der Waals surface area contributed by atoms with Crippen molar-refractivity contribution in [1.29, 1.82) is 0 Å². The number of Topliss-reactive ketones (excluding diaryl/α,β-unsaturated/α-hetero) is 1. The Bertz CT molecular complexity index is 780. The average molecular weight is 384 g/mol. The van der Waals surface area contributed by atoms with E-state index >= 15 is 0 Å². The van der Waals surface area contributed by atoms with Crippen LogP contribution in [0.5, 0.6) is 11.5 Å². The summed E-state index contributed by atoms with van der Waals surface area (Å²) in [4.78, 5) is 16.2. The zero-order chi connectivity index (χ0) is 20.1. The fraction of sp³-hybridized carbons (Fsp3) is 0.542. The number of allylic oxidation sites excluding steroid dienone is 3. The van der Waals surface area contributed by atoms with Crippen LogP contribution < -0.4 is 9.47 Å². The summed E-state index contributed by atoms with van der Waals surface area (Å²) in [6, 6.07) is 3.87. The molecule has 1 spiro atoms. The van der Waals surface area contributed by atoms with Gasteiger partial charge in [-0.05, 0) is 76.6 Å². The molecule has 1 heterocycles. The summed E-state index contributed by atoms with van der Waals surface area (Å²) in [5.74, 6) is 1.61. The zero-order valence-electron chi connectivity index (χ0n) is 17.7. The molecule has 2 aliphatic rings. The molecule has 0 N–H and O–H groups in total. The number of methoxy groups -OCH3 is 2. The number of hydrogen-bond donors (Lipinski definition) is 0. The summed E-state index contributed by atoms with van der Waals surface area (Å²) in [6.07, 6.45) is 12.4. The van der Waals surface area contributed by atoms with Gasteiger partial charge in [-0.1, -0.05) is 23.8 Å². The van der Waals surface area contributed by atoms with Gasteiger partial charge in [0.05, 0.1) is 19.8 Å². The van der Waals surface area contributed by atoms with Crippen LogP contribution in [0, 0.1) is 0 Å². The highest BCUT2D eigenvalue weighted by Gasteiger charge is 2.48. The molecule has 0 aromatic heterocycles. The van der Waals surface area contributed by atoms with Gasteiger partial charge in [-0.15, -0.1) is 0 Å². The van der Waals surface area contributed by atoms with Gasteiger partial charge in [-0.25, -0.2) is 0 Å². The number of nitrogens with zero attached hydrogens (tertiary/aromatic N) is 1. The van der Waals surface area contributed by atoms with Crippen LogP contribution in [0.1, 0.15) is 61.9 Å². The molecular weight excluding hydrogens is 350 g/mol. The van der Waals surface area contributed by atoms with Crippen molar-refractivity contribution in [3.05, 3.63) is 47.1 Å². The number of rotatable bonds is 6. The lowest BCUT2D eigenvalue weighted by Gasteiger charge is -2.48. The van der Waals surface area contributed by atoms with Gasteiger partial charge in [0.25, 0.3) is 0 Å². The first-order valence-corrected chi connectivity index (χ1v) is 10.4. The Labute approximate surface area is 169 Å². The highest BCUT2D eigenvalue weighted by atomic mass is 16.5. The number of fused-ring (bicyclic) bond motifs is 1. The lowest BCUT2D eigenvalue weighted by atomic mass is 9.71. The SMILES string of the molecule is C/C=C\C=C(/C)CCN1CCCCC12CCc1cc(OC)c(OC)cc1C2=O. The molecule has 1 aliphatic carbocycles. The normalized spacial score (nSPS) is 23.3. The van der Waals surface area contributed by atoms with E-state index in [1.807, 2.05) is 19.1 Å². The lowest BCUT2D eigenvalue weighted by Crippen LogP contribution is -2.59. The third-order valence-electron chi connectivity index (χ3n) is 6.31. The third-order valence-corrected chi connectivity index (χ3v) is 6.31. The van der Waals surface area contributed by atoms with Crippen molar-refractivity contribution in [3.63, 3.8) is 0 Å². The first kappa shape index (κ1) is 20.7. The molecule has 1 aliphatic heterocycles. The van der Waals surface area contributed by atoms with Crippen LogP contribution in [-0.2, 0) is 6.42 Å². The number of likely N-dealkylation sites (tertiary alicyclic amines) is 1. The summed E-state index contributed by atoms with van der Waals surface area (Å²) >= 11 is 0. The highest BCUT2D eigenvalue weighted by molar-refractivity contribution is 6.06. The van der Waals surface area contributed by atoms with E-state index in [1.165, 1.54) is 12.0 Å². The minimum atomic E-state index is -0.355. The molecule has 1 saturated heterocycles. The summed E-state index contributed by atoms with van der Waals surface area (Å²) in [5, 5.41) is 0. The predicted molar refractivity (Wildman–Crippen MR) is 114 cm³/mol. The van der Waals surface area contributed by atoms with Crippen LogP contribution in [0.3, 0.4) is 0 Å².